The second kappa shape index (κ2) is 5.94. The van der Waals surface area contributed by atoms with Crippen LogP contribution in [0.4, 0.5) is 5.95 Å². The lowest BCUT2D eigenvalue weighted by atomic mass is 10.1. The highest BCUT2D eigenvalue weighted by Gasteiger charge is 2.23. The number of nitrogens with zero attached hydrogens (tertiary/aromatic N) is 4. The van der Waals surface area contributed by atoms with Crippen molar-refractivity contribution in [2.24, 2.45) is 0 Å². The molecule has 8 heteroatoms. The minimum Gasteiger partial charge on any atom is -0.618 e. The standard InChI is InChI=1S/C16H18BrN5O2/c1-8-10(3)22(23)12(9(2)13(8)24-4)7-21-6-5-11-14(17)19-16(18)20-15(11)21/h5-6H,7H2,1-4H3,(H2,18,19,20). The van der Waals surface area contributed by atoms with Crippen molar-refractivity contribution in [1.82, 2.24) is 14.5 Å². The molecule has 0 spiro atoms. The van der Waals surface area contributed by atoms with Gasteiger partial charge in [0.15, 0.2) is 5.69 Å². The molecule has 0 atom stereocenters. The third-order valence-corrected chi connectivity index (χ3v) is 4.92. The summed E-state index contributed by atoms with van der Waals surface area (Å²) in [6, 6.07) is 1.89. The lowest BCUT2D eigenvalue weighted by Gasteiger charge is -2.17. The molecule has 0 radical (unpaired) electrons. The normalized spacial score (nSPS) is 11.2. The molecular formula is C16H18BrN5O2. The lowest BCUT2D eigenvalue weighted by molar-refractivity contribution is -0.621. The topological polar surface area (TPSA) is 92.9 Å². The Bertz CT molecular complexity index is 952. The third-order valence-electron chi connectivity index (χ3n) is 4.32. The van der Waals surface area contributed by atoms with Crippen LogP contribution in [-0.4, -0.2) is 21.6 Å². The van der Waals surface area contributed by atoms with Gasteiger partial charge in [-0.15, -0.1) is 0 Å². The molecule has 0 aliphatic carbocycles. The molecule has 3 aromatic heterocycles. The van der Waals surface area contributed by atoms with Crippen LogP contribution < -0.4 is 15.2 Å². The Kier molecular flexibility index (Phi) is 4.08. The number of anilines is 1. The minimum atomic E-state index is 0.179. The number of nitrogens with two attached hydrogens (primary N) is 1. The maximum absolute atomic E-state index is 12.7. The Hall–Kier alpha value is -2.35. The first-order valence-corrected chi connectivity index (χ1v) is 8.18. The van der Waals surface area contributed by atoms with E-state index in [1.54, 1.807) is 14.0 Å². The van der Waals surface area contributed by atoms with Gasteiger partial charge in [-0.2, -0.15) is 9.71 Å². The fraction of sp³-hybridized carbons (Fsp3) is 0.312. The predicted molar refractivity (Wildman–Crippen MR) is 94.9 cm³/mol. The van der Waals surface area contributed by atoms with Crippen LogP contribution in [0.3, 0.4) is 0 Å². The van der Waals surface area contributed by atoms with E-state index in [0.717, 1.165) is 27.0 Å². The molecule has 3 rings (SSSR count). The van der Waals surface area contributed by atoms with Gasteiger partial charge >= 0.3 is 0 Å². The van der Waals surface area contributed by atoms with Crippen molar-refractivity contribution in [1.29, 1.82) is 0 Å². The summed E-state index contributed by atoms with van der Waals surface area (Å²) in [6.45, 7) is 5.92. The smallest absolute Gasteiger partial charge is 0.223 e. The van der Waals surface area contributed by atoms with Crippen LogP contribution in [0.2, 0.25) is 0 Å². The van der Waals surface area contributed by atoms with E-state index in [-0.39, 0.29) is 5.95 Å². The monoisotopic (exact) mass is 391 g/mol. The van der Waals surface area contributed by atoms with Crippen molar-refractivity contribution in [3.8, 4) is 5.75 Å². The maximum atomic E-state index is 12.7. The Labute approximate surface area is 147 Å². The number of ether oxygens (including phenoxy) is 1. The van der Waals surface area contributed by atoms with Crippen LogP contribution in [0.1, 0.15) is 22.5 Å². The van der Waals surface area contributed by atoms with Crippen LogP contribution in [-0.2, 0) is 6.54 Å². The summed E-state index contributed by atoms with van der Waals surface area (Å²) in [6.07, 6.45) is 1.87. The summed E-state index contributed by atoms with van der Waals surface area (Å²) in [5.74, 6) is 0.917. The van der Waals surface area contributed by atoms with Crippen LogP contribution >= 0.6 is 15.9 Å². The summed E-state index contributed by atoms with van der Waals surface area (Å²) >= 11 is 3.39. The van der Waals surface area contributed by atoms with E-state index in [0.29, 0.717) is 28.2 Å². The fourth-order valence-corrected chi connectivity index (χ4v) is 3.40. The predicted octanol–water partition coefficient (Wildman–Crippen LogP) is 2.39. The van der Waals surface area contributed by atoms with E-state index in [1.807, 2.05) is 30.7 Å². The molecule has 0 bridgehead atoms. The molecule has 24 heavy (non-hydrogen) atoms. The molecule has 0 aromatic carbocycles. The van der Waals surface area contributed by atoms with E-state index in [2.05, 4.69) is 25.9 Å². The molecule has 0 aliphatic heterocycles. The van der Waals surface area contributed by atoms with Crippen molar-refractivity contribution in [2.45, 2.75) is 27.3 Å². The molecule has 0 unspecified atom stereocenters. The van der Waals surface area contributed by atoms with Gasteiger partial charge in [0.2, 0.25) is 11.6 Å². The average molecular weight is 392 g/mol. The van der Waals surface area contributed by atoms with Crippen molar-refractivity contribution >= 4 is 32.9 Å². The zero-order chi connectivity index (χ0) is 17.6. The Balaban J connectivity index is 2.18. The molecule has 0 saturated heterocycles. The molecule has 0 saturated carbocycles. The number of fused-ring (bicyclic) bond motifs is 1. The number of halogens is 1. The SMILES string of the molecule is COc1c(C)c(C)[n+]([O-])c(Cn2ccc3c(Br)nc(N)nc32)c1C. The van der Waals surface area contributed by atoms with Gasteiger partial charge in [-0.3, -0.25) is 0 Å². The number of nitrogen functional groups attached to an aromatic ring is 1. The van der Waals surface area contributed by atoms with E-state index < -0.39 is 0 Å². The Morgan fingerprint density at radius 1 is 1.29 bits per heavy atom. The molecule has 7 nitrogen and oxygen atoms in total. The number of methoxy groups -OCH3 is 1. The quantitative estimate of drug-likeness (QED) is 0.420. The van der Waals surface area contributed by atoms with Crippen molar-refractivity contribution in [2.75, 3.05) is 12.8 Å². The molecule has 126 valence electrons. The first-order valence-electron chi connectivity index (χ1n) is 7.39. The molecular weight excluding hydrogens is 374 g/mol. The molecule has 3 aromatic rings. The van der Waals surface area contributed by atoms with Crippen LogP contribution in [0.25, 0.3) is 11.0 Å². The number of hydrogen-bond acceptors (Lipinski definition) is 5. The van der Waals surface area contributed by atoms with E-state index >= 15 is 0 Å². The van der Waals surface area contributed by atoms with E-state index in [9.17, 15) is 5.21 Å². The average Bonchev–Trinajstić information content (AvgIpc) is 2.93. The first-order chi connectivity index (χ1) is 11.3. The summed E-state index contributed by atoms with van der Waals surface area (Å²) in [5.41, 5.74) is 9.32. The summed E-state index contributed by atoms with van der Waals surface area (Å²) in [7, 11) is 1.61. The second-order valence-electron chi connectivity index (χ2n) is 5.66. The van der Waals surface area contributed by atoms with Gasteiger partial charge in [0.05, 0.1) is 23.6 Å². The van der Waals surface area contributed by atoms with Crippen molar-refractivity contribution in [3.63, 3.8) is 0 Å². The molecule has 0 aliphatic rings. The summed E-state index contributed by atoms with van der Waals surface area (Å²) in [4.78, 5) is 8.38. The largest absolute Gasteiger partial charge is 0.618 e. The van der Waals surface area contributed by atoms with Crippen molar-refractivity contribution in [3.05, 3.63) is 44.6 Å². The molecule has 0 amide bonds. The Morgan fingerprint density at radius 3 is 2.67 bits per heavy atom. The summed E-state index contributed by atoms with van der Waals surface area (Å²) < 4.78 is 8.95. The van der Waals surface area contributed by atoms with Gasteiger partial charge in [-0.1, -0.05) is 0 Å². The van der Waals surface area contributed by atoms with Gasteiger partial charge in [0.25, 0.3) is 0 Å². The molecule has 0 fully saturated rings. The number of pyridine rings is 1. The van der Waals surface area contributed by atoms with Crippen LogP contribution in [0.15, 0.2) is 16.9 Å². The second-order valence-corrected chi connectivity index (χ2v) is 6.41. The van der Waals surface area contributed by atoms with Gasteiger partial charge in [-0.25, -0.2) is 4.98 Å². The third kappa shape index (κ3) is 2.47. The zero-order valence-corrected chi connectivity index (χ0v) is 15.5. The lowest BCUT2D eigenvalue weighted by Crippen LogP contribution is -2.38. The van der Waals surface area contributed by atoms with Crippen LogP contribution in [0, 0.1) is 26.0 Å². The Morgan fingerprint density at radius 2 is 2.00 bits per heavy atom. The molecule has 3 heterocycles. The fourth-order valence-electron chi connectivity index (χ4n) is 2.91. The highest BCUT2D eigenvalue weighted by atomic mass is 79.9. The number of rotatable bonds is 3. The van der Waals surface area contributed by atoms with Crippen LogP contribution in [0.5, 0.6) is 5.75 Å². The van der Waals surface area contributed by atoms with E-state index in [4.69, 9.17) is 10.5 Å². The number of hydrogen-bond donors (Lipinski definition) is 1. The van der Waals surface area contributed by atoms with Gasteiger partial charge < -0.3 is 20.2 Å². The van der Waals surface area contributed by atoms with Gasteiger partial charge in [0, 0.05) is 13.1 Å². The maximum Gasteiger partial charge on any atom is 0.223 e. The highest BCUT2D eigenvalue weighted by molar-refractivity contribution is 9.10. The number of aromatic nitrogens is 4. The molecule has 2 N–H and O–H groups in total. The first kappa shape index (κ1) is 16.5. The minimum absolute atomic E-state index is 0.179. The summed E-state index contributed by atoms with van der Waals surface area (Å²) in [5, 5.41) is 13.5. The van der Waals surface area contributed by atoms with E-state index in [1.165, 1.54) is 0 Å². The zero-order valence-electron chi connectivity index (χ0n) is 13.9. The van der Waals surface area contributed by atoms with Crippen molar-refractivity contribution < 1.29 is 9.47 Å². The van der Waals surface area contributed by atoms with Gasteiger partial charge in [-0.05, 0) is 35.8 Å². The van der Waals surface area contributed by atoms with Gasteiger partial charge in [0.1, 0.15) is 22.5 Å². The highest BCUT2D eigenvalue weighted by Crippen LogP contribution is 2.28.